The largest absolute Gasteiger partial charge is 0.493 e. The average molecular weight is 363 g/mol. The van der Waals surface area contributed by atoms with E-state index in [1.807, 2.05) is 20.0 Å². The molecule has 0 bridgehead atoms. The summed E-state index contributed by atoms with van der Waals surface area (Å²) in [6.07, 6.45) is 4.57. The molecule has 0 radical (unpaired) electrons. The Kier molecular flexibility index (Phi) is 8.54. The van der Waals surface area contributed by atoms with Crippen molar-refractivity contribution >= 4 is 5.96 Å². The minimum atomic E-state index is 0.616. The molecule has 0 spiro atoms. The molecule has 1 aliphatic rings. The predicted octanol–water partition coefficient (Wildman–Crippen LogP) is 2.29. The average Bonchev–Trinajstić information content (AvgIpc) is 3.06. The number of hydrogen-bond donors (Lipinski definition) is 2. The minimum Gasteiger partial charge on any atom is -0.493 e. The first-order chi connectivity index (χ1) is 12.7. The maximum Gasteiger partial charge on any atom is 0.191 e. The molecule has 2 N–H and O–H groups in total. The van der Waals surface area contributed by atoms with Gasteiger partial charge < -0.3 is 25.0 Å². The van der Waals surface area contributed by atoms with Gasteiger partial charge in [0.2, 0.25) is 0 Å². The first-order valence-corrected chi connectivity index (χ1v) is 9.62. The van der Waals surface area contributed by atoms with Crippen LogP contribution in [-0.4, -0.2) is 64.3 Å². The van der Waals surface area contributed by atoms with Gasteiger partial charge in [0.1, 0.15) is 0 Å². The molecule has 0 amide bonds. The van der Waals surface area contributed by atoms with Crippen molar-refractivity contribution in [1.29, 1.82) is 0 Å². The van der Waals surface area contributed by atoms with E-state index in [1.54, 1.807) is 7.11 Å². The van der Waals surface area contributed by atoms with E-state index in [-0.39, 0.29) is 0 Å². The Morgan fingerprint density at radius 1 is 1.31 bits per heavy atom. The second kappa shape index (κ2) is 10.9. The third-order valence-corrected chi connectivity index (χ3v) is 4.86. The fourth-order valence-electron chi connectivity index (χ4n) is 3.32. The minimum absolute atomic E-state index is 0.616. The molecule has 1 aliphatic heterocycles. The van der Waals surface area contributed by atoms with Crippen LogP contribution in [0, 0.1) is 0 Å². The van der Waals surface area contributed by atoms with E-state index in [0.717, 1.165) is 43.4 Å². The van der Waals surface area contributed by atoms with Gasteiger partial charge in [-0.2, -0.15) is 0 Å². The molecule has 1 aromatic rings. The van der Waals surface area contributed by atoms with Crippen molar-refractivity contribution in [3.8, 4) is 11.5 Å². The van der Waals surface area contributed by atoms with Gasteiger partial charge in [-0.15, -0.1) is 0 Å². The summed E-state index contributed by atoms with van der Waals surface area (Å²) in [5.74, 6) is 2.49. The fourth-order valence-corrected chi connectivity index (χ4v) is 3.32. The Morgan fingerprint density at radius 3 is 2.81 bits per heavy atom. The van der Waals surface area contributed by atoms with E-state index >= 15 is 0 Å². The van der Waals surface area contributed by atoms with Crippen LogP contribution in [0.15, 0.2) is 23.2 Å². The van der Waals surface area contributed by atoms with E-state index in [2.05, 4.69) is 39.7 Å². The zero-order chi connectivity index (χ0) is 18.8. The number of aryl methyl sites for hydroxylation is 1. The van der Waals surface area contributed by atoms with Gasteiger partial charge >= 0.3 is 0 Å². The molecule has 146 valence electrons. The zero-order valence-corrected chi connectivity index (χ0v) is 16.7. The standard InChI is InChI=1S/C20H34N4O2/c1-5-26-19-14-16(10-11-18(19)25-4)8-6-12-22-20(21-2)23-15-17-9-7-13-24(17)3/h10-11,14,17H,5-9,12-13,15H2,1-4H3,(H2,21,22,23). The number of nitrogens with one attached hydrogen (secondary N) is 2. The van der Waals surface area contributed by atoms with Gasteiger partial charge in [0.25, 0.3) is 0 Å². The summed E-state index contributed by atoms with van der Waals surface area (Å²) in [5.41, 5.74) is 1.26. The third kappa shape index (κ3) is 6.09. The molecule has 0 saturated carbocycles. The van der Waals surface area contributed by atoms with Crippen LogP contribution in [0.25, 0.3) is 0 Å². The van der Waals surface area contributed by atoms with Gasteiger partial charge in [-0.3, -0.25) is 4.99 Å². The molecule has 1 atom stereocenters. The van der Waals surface area contributed by atoms with Crippen LogP contribution in [0.4, 0.5) is 0 Å². The molecular weight excluding hydrogens is 328 g/mol. The van der Waals surface area contributed by atoms with E-state index in [0.29, 0.717) is 12.6 Å². The highest BCUT2D eigenvalue weighted by Gasteiger charge is 2.20. The number of nitrogens with zero attached hydrogens (tertiary/aromatic N) is 2. The number of rotatable bonds is 9. The van der Waals surface area contributed by atoms with Crippen molar-refractivity contribution in [3.05, 3.63) is 23.8 Å². The maximum atomic E-state index is 5.65. The van der Waals surface area contributed by atoms with Gasteiger partial charge in [-0.25, -0.2) is 0 Å². The Labute approximate surface area is 158 Å². The topological polar surface area (TPSA) is 58.1 Å². The number of likely N-dealkylation sites (tertiary alicyclic amines) is 1. The van der Waals surface area contributed by atoms with Crippen molar-refractivity contribution in [2.75, 3.05) is 47.4 Å². The lowest BCUT2D eigenvalue weighted by molar-refractivity contribution is 0.309. The molecule has 1 unspecified atom stereocenters. The number of likely N-dealkylation sites (N-methyl/N-ethyl adjacent to an activating group) is 1. The SMILES string of the molecule is CCOc1cc(CCCNC(=NC)NCC2CCCN2C)ccc1OC. The molecule has 0 aromatic heterocycles. The van der Waals surface area contributed by atoms with Crippen LogP contribution < -0.4 is 20.1 Å². The van der Waals surface area contributed by atoms with Crippen molar-refractivity contribution in [2.24, 2.45) is 4.99 Å². The van der Waals surface area contributed by atoms with Crippen LogP contribution in [-0.2, 0) is 6.42 Å². The molecule has 1 fully saturated rings. The molecule has 1 heterocycles. The van der Waals surface area contributed by atoms with E-state index < -0.39 is 0 Å². The van der Waals surface area contributed by atoms with Crippen LogP contribution in [0.5, 0.6) is 11.5 Å². The van der Waals surface area contributed by atoms with Gasteiger partial charge in [-0.05, 0) is 63.9 Å². The zero-order valence-electron chi connectivity index (χ0n) is 16.7. The molecule has 6 nitrogen and oxygen atoms in total. The number of aliphatic imine (C=N–C) groups is 1. The summed E-state index contributed by atoms with van der Waals surface area (Å²) in [6.45, 7) is 5.66. The second-order valence-corrected chi connectivity index (χ2v) is 6.68. The van der Waals surface area contributed by atoms with E-state index in [1.165, 1.54) is 24.9 Å². The van der Waals surface area contributed by atoms with Gasteiger partial charge in [0, 0.05) is 26.2 Å². The van der Waals surface area contributed by atoms with Crippen LogP contribution in [0.1, 0.15) is 31.7 Å². The van der Waals surface area contributed by atoms with Crippen molar-refractivity contribution < 1.29 is 9.47 Å². The Hall–Kier alpha value is -1.95. The first-order valence-electron chi connectivity index (χ1n) is 9.62. The summed E-state index contributed by atoms with van der Waals surface area (Å²) in [6, 6.07) is 6.77. The maximum absolute atomic E-state index is 5.65. The van der Waals surface area contributed by atoms with Gasteiger partial charge in [-0.1, -0.05) is 6.07 Å². The summed E-state index contributed by atoms with van der Waals surface area (Å²) in [7, 11) is 5.69. The number of ether oxygens (including phenoxy) is 2. The molecule has 1 saturated heterocycles. The smallest absolute Gasteiger partial charge is 0.191 e. The number of benzene rings is 1. The summed E-state index contributed by atoms with van der Waals surface area (Å²) in [4.78, 5) is 6.74. The van der Waals surface area contributed by atoms with Gasteiger partial charge in [0.05, 0.1) is 13.7 Å². The third-order valence-electron chi connectivity index (χ3n) is 4.86. The highest BCUT2D eigenvalue weighted by Crippen LogP contribution is 2.28. The summed E-state index contributed by atoms with van der Waals surface area (Å²) < 4.78 is 11.0. The predicted molar refractivity (Wildman–Crippen MR) is 108 cm³/mol. The quantitative estimate of drug-likeness (QED) is 0.401. The van der Waals surface area contributed by atoms with Crippen LogP contribution >= 0.6 is 0 Å². The Bertz CT molecular complexity index is 577. The molecule has 1 aromatic carbocycles. The number of guanidine groups is 1. The van der Waals surface area contributed by atoms with Crippen molar-refractivity contribution in [1.82, 2.24) is 15.5 Å². The monoisotopic (exact) mass is 362 g/mol. The highest BCUT2D eigenvalue weighted by molar-refractivity contribution is 5.79. The lowest BCUT2D eigenvalue weighted by Gasteiger charge is -2.21. The first kappa shape index (κ1) is 20.4. The fraction of sp³-hybridized carbons (Fsp3) is 0.650. The lowest BCUT2D eigenvalue weighted by atomic mass is 10.1. The molecule has 26 heavy (non-hydrogen) atoms. The van der Waals surface area contributed by atoms with Gasteiger partial charge in [0.15, 0.2) is 17.5 Å². The van der Waals surface area contributed by atoms with Crippen LogP contribution in [0.2, 0.25) is 0 Å². The van der Waals surface area contributed by atoms with E-state index in [9.17, 15) is 0 Å². The summed E-state index contributed by atoms with van der Waals surface area (Å²) >= 11 is 0. The Morgan fingerprint density at radius 2 is 2.15 bits per heavy atom. The molecular formula is C20H34N4O2. The molecule has 6 heteroatoms. The molecule has 0 aliphatic carbocycles. The summed E-state index contributed by atoms with van der Waals surface area (Å²) in [5, 5.41) is 6.85. The van der Waals surface area contributed by atoms with E-state index in [4.69, 9.17) is 9.47 Å². The van der Waals surface area contributed by atoms with Crippen molar-refractivity contribution in [3.63, 3.8) is 0 Å². The normalized spacial score (nSPS) is 18.0. The molecule has 2 rings (SSSR count). The number of hydrogen-bond acceptors (Lipinski definition) is 4. The Balaban J connectivity index is 1.72. The van der Waals surface area contributed by atoms with Crippen LogP contribution in [0.3, 0.4) is 0 Å². The van der Waals surface area contributed by atoms with Crippen molar-refractivity contribution in [2.45, 2.75) is 38.6 Å². The highest BCUT2D eigenvalue weighted by atomic mass is 16.5. The second-order valence-electron chi connectivity index (χ2n) is 6.68. The lowest BCUT2D eigenvalue weighted by Crippen LogP contribution is -2.44. The number of methoxy groups -OCH3 is 1.